The number of amides is 2. The Morgan fingerprint density at radius 2 is 2.11 bits per heavy atom. The first kappa shape index (κ1) is 19.1. The van der Waals surface area contributed by atoms with Gasteiger partial charge in [-0.15, -0.1) is 0 Å². The average Bonchev–Trinajstić information content (AvgIpc) is 3.03. The Balaban J connectivity index is 1.77. The molecule has 144 valence electrons. The van der Waals surface area contributed by atoms with Crippen LogP contribution in [0, 0.1) is 6.92 Å². The van der Waals surface area contributed by atoms with E-state index >= 15 is 0 Å². The zero-order valence-corrected chi connectivity index (χ0v) is 16.1. The minimum Gasteiger partial charge on any atom is -0.375 e. The summed E-state index contributed by atoms with van der Waals surface area (Å²) in [5, 5.41) is 6.76. The maximum atomic E-state index is 12.7. The minimum atomic E-state index is -0.290. The molecule has 1 aromatic heterocycles. The number of aryl methyl sites for hydroxylation is 1. The third-order valence-electron chi connectivity index (χ3n) is 4.54. The van der Waals surface area contributed by atoms with E-state index < -0.39 is 0 Å². The molecule has 1 aliphatic heterocycles. The minimum absolute atomic E-state index is 0.0246. The number of hydrogen-bond donors (Lipinski definition) is 1. The molecule has 0 radical (unpaired) electrons. The van der Waals surface area contributed by atoms with E-state index in [0.29, 0.717) is 48.0 Å². The molecule has 1 atom stereocenters. The first-order valence-corrected chi connectivity index (χ1v) is 9.15. The molecule has 0 spiro atoms. The second-order valence-corrected chi connectivity index (χ2v) is 7.13. The van der Waals surface area contributed by atoms with Crippen molar-refractivity contribution in [2.24, 2.45) is 0 Å². The van der Waals surface area contributed by atoms with Crippen LogP contribution in [-0.2, 0) is 4.74 Å². The van der Waals surface area contributed by atoms with E-state index in [4.69, 9.17) is 9.26 Å². The summed E-state index contributed by atoms with van der Waals surface area (Å²) in [6.45, 7) is 9.24. The van der Waals surface area contributed by atoms with Crippen LogP contribution >= 0.6 is 0 Å². The average molecular weight is 371 g/mol. The fourth-order valence-corrected chi connectivity index (χ4v) is 3.17. The van der Waals surface area contributed by atoms with Gasteiger partial charge in [-0.2, -0.15) is 0 Å². The summed E-state index contributed by atoms with van der Waals surface area (Å²) in [4.78, 5) is 27.2. The Kier molecular flexibility index (Phi) is 5.60. The molecule has 1 fully saturated rings. The summed E-state index contributed by atoms with van der Waals surface area (Å²) in [7, 11) is 0. The van der Waals surface area contributed by atoms with Gasteiger partial charge < -0.3 is 19.5 Å². The molecule has 1 saturated heterocycles. The number of nitrogens with zero attached hydrogens (tertiary/aromatic N) is 2. The van der Waals surface area contributed by atoms with Crippen LogP contribution < -0.4 is 5.32 Å². The molecule has 2 amide bonds. The van der Waals surface area contributed by atoms with E-state index in [0.717, 1.165) is 0 Å². The number of carbonyl (C=O) groups is 2. The Labute approximate surface area is 158 Å². The van der Waals surface area contributed by atoms with Crippen LogP contribution in [0.4, 0.5) is 5.69 Å². The Morgan fingerprint density at radius 3 is 2.81 bits per heavy atom. The predicted molar refractivity (Wildman–Crippen MR) is 101 cm³/mol. The summed E-state index contributed by atoms with van der Waals surface area (Å²) in [5.41, 5.74) is 2.09. The monoisotopic (exact) mass is 371 g/mol. The topological polar surface area (TPSA) is 84.7 Å². The van der Waals surface area contributed by atoms with Gasteiger partial charge in [0.05, 0.1) is 18.4 Å². The highest BCUT2D eigenvalue weighted by Gasteiger charge is 2.24. The van der Waals surface area contributed by atoms with Crippen LogP contribution in [0.25, 0.3) is 0 Å². The highest BCUT2D eigenvalue weighted by molar-refractivity contribution is 6.06. The lowest BCUT2D eigenvalue weighted by Crippen LogP contribution is -2.44. The zero-order valence-electron chi connectivity index (χ0n) is 16.1. The van der Waals surface area contributed by atoms with Crippen LogP contribution in [0.15, 0.2) is 28.8 Å². The first-order valence-electron chi connectivity index (χ1n) is 9.15. The molecular weight excluding hydrogens is 346 g/mol. The van der Waals surface area contributed by atoms with Gasteiger partial charge in [0.2, 0.25) is 0 Å². The van der Waals surface area contributed by atoms with Crippen molar-refractivity contribution in [3.05, 3.63) is 46.8 Å². The molecule has 2 heterocycles. The van der Waals surface area contributed by atoms with Crippen LogP contribution in [0.5, 0.6) is 0 Å². The van der Waals surface area contributed by atoms with Crippen molar-refractivity contribution in [3.63, 3.8) is 0 Å². The van der Waals surface area contributed by atoms with Gasteiger partial charge >= 0.3 is 0 Å². The number of aromatic nitrogens is 1. The van der Waals surface area contributed by atoms with E-state index in [2.05, 4.69) is 10.5 Å². The third-order valence-corrected chi connectivity index (χ3v) is 4.54. The highest BCUT2D eigenvalue weighted by atomic mass is 16.5. The summed E-state index contributed by atoms with van der Waals surface area (Å²) in [5.74, 6) is 0.245. The van der Waals surface area contributed by atoms with Crippen LogP contribution in [0.2, 0.25) is 0 Å². The van der Waals surface area contributed by atoms with Crippen molar-refractivity contribution < 1.29 is 18.8 Å². The van der Waals surface area contributed by atoms with Crippen LogP contribution in [0.3, 0.4) is 0 Å². The SMILES string of the molecule is Cc1noc(C(C)C)c1C(=O)Nc1cccc(C(=O)N2CCOC(C)C2)c1. The Morgan fingerprint density at radius 1 is 1.33 bits per heavy atom. The number of ether oxygens (including phenoxy) is 1. The molecule has 1 aliphatic rings. The Hall–Kier alpha value is -2.67. The molecule has 7 nitrogen and oxygen atoms in total. The van der Waals surface area contributed by atoms with Crippen molar-refractivity contribution in [1.82, 2.24) is 10.1 Å². The standard InChI is InChI=1S/C20H25N3O4/c1-12(2)18-17(14(4)22-27-18)19(24)21-16-7-5-6-15(10-16)20(25)23-8-9-26-13(3)11-23/h5-7,10,12-13H,8-9,11H2,1-4H3,(H,21,24). The quantitative estimate of drug-likeness (QED) is 0.892. The fraction of sp³-hybridized carbons (Fsp3) is 0.450. The maximum absolute atomic E-state index is 12.7. The Bertz CT molecular complexity index is 844. The lowest BCUT2D eigenvalue weighted by molar-refractivity contribution is -0.0124. The van der Waals surface area contributed by atoms with E-state index in [1.54, 1.807) is 36.1 Å². The molecular formula is C20H25N3O4. The van der Waals surface area contributed by atoms with E-state index in [1.807, 2.05) is 20.8 Å². The molecule has 0 aliphatic carbocycles. The van der Waals surface area contributed by atoms with Gasteiger partial charge in [0.25, 0.3) is 11.8 Å². The predicted octanol–water partition coefficient (Wildman–Crippen LogP) is 3.22. The van der Waals surface area contributed by atoms with Crippen molar-refractivity contribution in [1.29, 1.82) is 0 Å². The van der Waals surface area contributed by atoms with Crippen molar-refractivity contribution in [3.8, 4) is 0 Å². The molecule has 7 heteroatoms. The summed E-state index contributed by atoms with van der Waals surface area (Å²) in [6, 6.07) is 6.96. The second-order valence-electron chi connectivity index (χ2n) is 7.13. The lowest BCUT2D eigenvalue weighted by Gasteiger charge is -2.31. The molecule has 1 aromatic carbocycles. The molecule has 2 aromatic rings. The summed E-state index contributed by atoms with van der Waals surface area (Å²) >= 11 is 0. The van der Waals surface area contributed by atoms with Crippen molar-refractivity contribution >= 4 is 17.5 Å². The number of anilines is 1. The molecule has 1 unspecified atom stereocenters. The van der Waals surface area contributed by atoms with E-state index in [-0.39, 0.29) is 23.8 Å². The number of carbonyl (C=O) groups excluding carboxylic acids is 2. The zero-order chi connectivity index (χ0) is 19.6. The second kappa shape index (κ2) is 7.92. The largest absolute Gasteiger partial charge is 0.375 e. The van der Waals surface area contributed by atoms with Gasteiger partial charge in [-0.05, 0) is 32.0 Å². The number of rotatable bonds is 4. The first-order chi connectivity index (χ1) is 12.9. The third kappa shape index (κ3) is 4.19. The van der Waals surface area contributed by atoms with Gasteiger partial charge in [0.1, 0.15) is 5.56 Å². The lowest BCUT2D eigenvalue weighted by atomic mass is 10.0. The number of nitrogens with one attached hydrogen (secondary N) is 1. The van der Waals surface area contributed by atoms with Gasteiger partial charge in [0.15, 0.2) is 5.76 Å². The normalized spacial score (nSPS) is 17.2. The number of benzene rings is 1. The van der Waals surface area contributed by atoms with Crippen molar-refractivity contribution in [2.75, 3.05) is 25.0 Å². The summed E-state index contributed by atoms with van der Waals surface area (Å²) in [6.07, 6.45) is 0.0246. The van der Waals surface area contributed by atoms with Crippen LogP contribution in [0.1, 0.15) is 58.9 Å². The number of morpholine rings is 1. The van der Waals surface area contributed by atoms with Gasteiger partial charge in [-0.25, -0.2) is 0 Å². The van der Waals surface area contributed by atoms with Crippen LogP contribution in [-0.4, -0.2) is 47.7 Å². The van der Waals surface area contributed by atoms with E-state index in [1.165, 1.54) is 0 Å². The highest BCUT2D eigenvalue weighted by Crippen LogP contribution is 2.24. The van der Waals surface area contributed by atoms with Crippen molar-refractivity contribution in [2.45, 2.75) is 39.7 Å². The molecule has 27 heavy (non-hydrogen) atoms. The molecule has 3 rings (SSSR count). The maximum Gasteiger partial charge on any atom is 0.261 e. The van der Waals surface area contributed by atoms with Gasteiger partial charge in [-0.3, -0.25) is 9.59 Å². The smallest absolute Gasteiger partial charge is 0.261 e. The van der Waals surface area contributed by atoms with Gasteiger partial charge in [0, 0.05) is 30.3 Å². The molecule has 0 bridgehead atoms. The molecule has 0 saturated carbocycles. The van der Waals surface area contributed by atoms with E-state index in [9.17, 15) is 9.59 Å². The molecule has 1 N–H and O–H groups in total. The van der Waals surface area contributed by atoms with Gasteiger partial charge in [-0.1, -0.05) is 25.1 Å². The fourth-order valence-electron chi connectivity index (χ4n) is 3.17. The number of hydrogen-bond acceptors (Lipinski definition) is 5. The summed E-state index contributed by atoms with van der Waals surface area (Å²) < 4.78 is 10.8.